The molecule has 1 aliphatic heterocycles. The fraction of sp³-hybridized carbons (Fsp3) is 0.941. The minimum atomic E-state index is 0.146. The molecule has 5 atom stereocenters. The van der Waals surface area contributed by atoms with Gasteiger partial charge in [-0.1, -0.05) is 27.7 Å². The van der Waals surface area contributed by atoms with Crippen LogP contribution < -0.4 is 0 Å². The third kappa shape index (κ3) is 3.02. The summed E-state index contributed by atoms with van der Waals surface area (Å²) in [5, 5.41) is 19.2. The molecule has 3 nitrogen and oxygen atoms in total. The van der Waals surface area contributed by atoms with Crippen LogP contribution in [0.15, 0.2) is 0 Å². The van der Waals surface area contributed by atoms with E-state index >= 15 is 0 Å². The highest BCUT2D eigenvalue weighted by atomic mass is 16.3. The van der Waals surface area contributed by atoms with Gasteiger partial charge in [0.1, 0.15) is 0 Å². The second kappa shape index (κ2) is 6.03. The highest BCUT2D eigenvalue weighted by Gasteiger charge is 2.43. The van der Waals surface area contributed by atoms with Crippen molar-refractivity contribution < 1.29 is 5.11 Å². The van der Waals surface area contributed by atoms with Crippen LogP contribution in [0.4, 0.5) is 0 Å². The van der Waals surface area contributed by atoms with Gasteiger partial charge >= 0.3 is 0 Å². The van der Waals surface area contributed by atoms with Crippen molar-refractivity contribution in [2.24, 2.45) is 23.2 Å². The number of likely N-dealkylation sites (tertiary alicyclic amines) is 1. The quantitative estimate of drug-likeness (QED) is 0.844. The van der Waals surface area contributed by atoms with Crippen LogP contribution in [0.3, 0.4) is 0 Å². The Morgan fingerprint density at radius 2 is 1.95 bits per heavy atom. The summed E-state index contributed by atoms with van der Waals surface area (Å²) in [6.07, 6.45) is 4.46. The molecule has 2 rings (SSSR count). The summed E-state index contributed by atoms with van der Waals surface area (Å²) in [7, 11) is 0. The van der Waals surface area contributed by atoms with Gasteiger partial charge in [0.05, 0.1) is 18.6 Å². The van der Waals surface area contributed by atoms with Crippen molar-refractivity contribution in [2.75, 3.05) is 13.2 Å². The average Bonchev–Trinajstić information content (AvgIpc) is 2.77. The summed E-state index contributed by atoms with van der Waals surface area (Å²) in [5.41, 5.74) is 0.318. The maximum atomic E-state index is 9.70. The van der Waals surface area contributed by atoms with E-state index in [0.29, 0.717) is 23.3 Å². The highest BCUT2D eigenvalue weighted by Crippen LogP contribution is 2.43. The summed E-state index contributed by atoms with van der Waals surface area (Å²) in [6.45, 7) is 10.5. The molecule has 114 valence electrons. The second-order valence-corrected chi connectivity index (χ2v) is 7.93. The topological polar surface area (TPSA) is 47.3 Å². The third-order valence-corrected chi connectivity index (χ3v) is 5.75. The molecule has 0 spiro atoms. The first-order chi connectivity index (χ1) is 9.38. The molecule has 0 radical (unpaired) electrons. The van der Waals surface area contributed by atoms with Crippen molar-refractivity contribution in [3.63, 3.8) is 0 Å². The van der Waals surface area contributed by atoms with Crippen LogP contribution in [0.25, 0.3) is 0 Å². The molecule has 2 aliphatic rings. The predicted molar refractivity (Wildman–Crippen MR) is 81.0 cm³/mol. The van der Waals surface area contributed by atoms with Crippen LogP contribution in [-0.2, 0) is 0 Å². The Balaban J connectivity index is 2.16. The van der Waals surface area contributed by atoms with Crippen molar-refractivity contribution >= 4 is 0 Å². The van der Waals surface area contributed by atoms with Gasteiger partial charge in [0.15, 0.2) is 0 Å². The first kappa shape index (κ1) is 15.8. The van der Waals surface area contributed by atoms with Crippen molar-refractivity contribution in [1.29, 1.82) is 5.26 Å². The molecule has 3 heteroatoms. The van der Waals surface area contributed by atoms with Gasteiger partial charge in [0.2, 0.25) is 0 Å². The highest BCUT2D eigenvalue weighted by molar-refractivity contribution is 5.02. The Hall–Kier alpha value is -0.590. The molecule has 1 saturated carbocycles. The van der Waals surface area contributed by atoms with E-state index in [-0.39, 0.29) is 18.6 Å². The molecule has 0 amide bonds. The number of aliphatic hydroxyl groups is 1. The monoisotopic (exact) mass is 278 g/mol. The molecule has 0 aromatic heterocycles. The zero-order chi connectivity index (χ0) is 14.9. The van der Waals surface area contributed by atoms with Gasteiger partial charge in [-0.15, -0.1) is 0 Å². The zero-order valence-corrected chi connectivity index (χ0v) is 13.5. The van der Waals surface area contributed by atoms with E-state index in [4.69, 9.17) is 0 Å². The molecule has 1 aliphatic carbocycles. The van der Waals surface area contributed by atoms with Crippen molar-refractivity contribution in [1.82, 2.24) is 4.90 Å². The molecule has 5 unspecified atom stereocenters. The molecule has 0 bridgehead atoms. The lowest BCUT2D eigenvalue weighted by Gasteiger charge is -2.45. The van der Waals surface area contributed by atoms with Gasteiger partial charge in [0.25, 0.3) is 0 Å². The summed E-state index contributed by atoms with van der Waals surface area (Å²) in [5.74, 6) is 1.38. The molecule has 1 N–H and O–H groups in total. The molecular formula is C17H30N2O. The predicted octanol–water partition coefficient (Wildman–Crippen LogP) is 3.04. The van der Waals surface area contributed by atoms with Crippen LogP contribution in [-0.4, -0.2) is 35.2 Å². The van der Waals surface area contributed by atoms with Crippen LogP contribution in [0.1, 0.15) is 53.4 Å². The fourth-order valence-electron chi connectivity index (χ4n) is 4.18. The Kier molecular flexibility index (Phi) is 4.76. The number of hydrogen-bond acceptors (Lipinski definition) is 3. The number of hydrogen-bond donors (Lipinski definition) is 1. The standard InChI is InChI=1S/C17H30N2O/c1-12-7-8-19(16(12)11-20)15-9-14(17(2,3)4)6-5-13(15)10-18/h12-16,20H,5-9,11H2,1-4H3. The summed E-state index contributed by atoms with van der Waals surface area (Å²) < 4.78 is 0. The van der Waals surface area contributed by atoms with E-state index in [1.807, 2.05) is 0 Å². The minimum absolute atomic E-state index is 0.146. The number of rotatable bonds is 2. The van der Waals surface area contributed by atoms with E-state index in [1.165, 1.54) is 6.42 Å². The van der Waals surface area contributed by atoms with Crippen molar-refractivity contribution in [3.05, 3.63) is 0 Å². The Bertz CT molecular complexity index is 368. The number of nitrogens with zero attached hydrogens (tertiary/aromatic N) is 2. The van der Waals surface area contributed by atoms with Crippen LogP contribution in [0, 0.1) is 34.5 Å². The van der Waals surface area contributed by atoms with Crippen molar-refractivity contribution in [2.45, 2.75) is 65.5 Å². The Morgan fingerprint density at radius 1 is 1.25 bits per heavy atom. The van der Waals surface area contributed by atoms with Gasteiger partial charge in [-0.25, -0.2) is 0 Å². The van der Waals surface area contributed by atoms with E-state index in [0.717, 1.165) is 25.8 Å². The maximum absolute atomic E-state index is 9.70. The average molecular weight is 278 g/mol. The minimum Gasteiger partial charge on any atom is -0.395 e. The Labute approximate surface area is 124 Å². The van der Waals surface area contributed by atoms with E-state index in [9.17, 15) is 10.4 Å². The van der Waals surface area contributed by atoms with Crippen LogP contribution >= 0.6 is 0 Å². The van der Waals surface area contributed by atoms with Gasteiger partial charge in [0, 0.05) is 12.1 Å². The smallest absolute Gasteiger partial charge is 0.0672 e. The molecule has 20 heavy (non-hydrogen) atoms. The van der Waals surface area contributed by atoms with Gasteiger partial charge in [-0.3, -0.25) is 4.90 Å². The molecule has 2 fully saturated rings. The third-order valence-electron chi connectivity index (χ3n) is 5.75. The van der Waals surface area contributed by atoms with Gasteiger partial charge in [-0.2, -0.15) is 5.26 Å². The van der Waals surface area contributed by atoms with Gasteiger partial charge in [-0.05, 0) is 49.5 Å². The largest absolute Gasteiger partial charge is 0.395 e. The van der Waals surface area contributed by atoms with E-state index in [1.54, 1.807) is 0 Å². The molecule has 1 heterocycles. The number of nitriles is 1. The Morgan fingerprint density at radius 3 is 2.50 bits per heavy atom. The van der Waals surface area contributed by atoms with Crippen LogP contribution in [0.2, 0.25) is 0 Å². The lowest BCUT2D eigenvalue weighted by atomic mass is 9.67. The molecule has 0 aromatic rings. The molecule has 0 aromatic carbocycles. The summed E-state index contributed by atoms with van der Waals surface area (Å²) in [6, 6.07) is 3.15. The first-order valence-electron chi connectivity index (χ1n) is 8.14. The normalized spacial score (nSPS) is 39.7. The molecule has 1 saturated heterocycles. The summed E-state index contributed by atoms with van der Waals surface area (Å²) in [4.78, 5) is 2.45. The maximum Gasteiger partial charge on any atom is 0.0672 e. The SMILES string of the molecule is CC1CCN(C2CC(C(C)(C)C)CCC2C#N)C1CO. The summed E-state index contributed by atoms with van der Waals surface area (Å²) >= 11 is 0. The van der Waals surface area contributed by atoms with E-state index in [2.05, 4.69) is 38.7 Å². The van der Waals surface area contributed by atoms with E-state index < -0.39 is 0 Å². The second-order valence-electron chi connectivity index (χ2n) is 7.93. The molecular weight excluding hydrogens is 248 g/mol. The van der Waals surface area contributed by atoms with Crippen molar-refractivity contribution in [3.8, 4) is 6.07 Å². The fourth-order valence-corrected chi connectivity index (χ4v) is 4.18. The van der Waals surface area contributed by atoms with Crippen LogP contribution in [0.5, 0.6) is 0 Å². The first-order valence-corrected chi connectivity index (χ1v) is 8.14. The lowest BCUT2D eigenvalue weighted by Crippen LogP contribution is -2.49. The lowest BCUT2D eigenvalue weighted by molar-refractivity contribution is 0.0300. The van der Waals surface area contributed by atoms with Gasteiger partial charge < -0.3 is 5.11 Å². The zero-order valence-electron chi connectivity index (χ0n) is 13.5. The number of aliphatic hydroxyl groups excluding tert-OH is 1.